The molecule has 0 amide bonds. The molecule has 3 N–H and O–H groups in total. The number of ether oxygens (including phenoxy) is 4. The van der Waals surface area contributed by atoms with E-state index in [-0.39, 0.29) is 24.3 Å². The third kappa shape index (κ3) is 3.96. The van der Waals surface area contributed by atoms with Crippen LogP contribution in [-0.2, 0) is 31.2 Å². The molecule has 2 fully saturated rings. The molecule has 34 heavy (non-hydrogen) atoms. The van der Waals surface area contributed by atoms with E-state index < -0.39 is 48.1 Å². The Bertz CT molecular complexity index is 1080. The third-order valence-corrected chi connectivity index (χ3v) is 6.48. The molecular formula is C24H26ClFO8. The fourth-order valence-electron chi connectivity index (χ4n) is 4.37. The molecule has 2 aliphatic rings. The van der Waals surface area contributed by atoms with Gasteiger partial charge in [0.15, 0.2) is 11.6 Å². The Hall–Kier alpha value is -2.27. The summed E-state index contributed by atoms with van der Waals surface area (Å²) >= 11 is 6.39. The highest BCUT2D eigenvalue weighted by molar-refractivity contribution is 6.31. The number of carbonyl (C=O) groups excluding carboxylic acids is 1. The minimum absolute atomic E-state index is 0.0199. The van der Waals surface area contributed by atoms with Gasteiger partial charge in [0.2, 0.25) is 11.4 Å². The predicted octanol–water partition coefficient (Wildman–Crippen LogP) is 2.07. The molecule has 2 aromatic rings. The van der Waals surface area contributed by atoms with Gasteiger partial charge in [0.25, 0.3) is 0 Å². The Balaban J connectivity index is 1.69. The van der Waals surface area contributed by atoms with Gasteiger partial charge in [-0.2, -0.15) is 0 Å². The van der Waals surface area contributed by atoms with Crippen molar-refractivity contribution in [3.8, 4) is 5.75 Å². The maximum atomic E-state index is 14.3. The second-order valence-electron chi connectivity index (χ2n) is 8.23. The molecule has 2 heterocycles. The molecule has 0 unspecified atom stereocenters. The van der Waals surface area contributed by atoms with Gasteiger partial charge >= 0.3 is 5.97 Å². The lowest BCUT2D eigenvalue weighted by atomic mass is 9.83. The summed E-state index contributed by atoms with van der Waals surface area (Å²) < 4.78 is 36.2. The number of carbonyl (C=O) groups is 1. The molecule has 2 aliphatic heterocycles. The Morgan fingerprint density at radius 3 is 2.59 bits per heavy atom. The fraction of sp³-hybridized carbons (Fsp3) is 0.458. The first-order valence-corrected chi connectivity index (χ1v) is 11.3. The van der Waals surface area contributed by atoms with Crippen LogP contribution in [-0.4, -0.2) is 65.0 Å². The van der Waals surface area contributed by atoms with Crippen molar-refractivity contribution in [1.82, 2.24) is 0 Å². The van der Waals surface area contributed by atoms with Gasteiger partial charge in [-0.15, -0.1) is 0 Å². The molecule has 0 saturated carbocycles. The first-order valence-electron chi connectivity index (χ1n) is 10.9. The van der Waals surface area contributed by atoms with Crippen LogP contribution >= 0.6 is 11.6 Å². The van der Waals surface area contributed by atoms with Crippen LogP contribution in [0.2, 0.25) is 5.02 Å². The highest BCUT2D eigenvalue weighted by atomic mass is 35.5. The summed E-state index contributed by atoms with van der Waals surface area (Å²) in [5.74, 6) is -3.22. The second kappa shape index (κ2) is 9.41. The Morgan fingerprint density at radius 1 is 1.15 bits per heavy atom. The number of aliphatic hydroxyl groups excluding tert-OH is 3. The zero-order valence-electron chi connectivity index (χ0n) is 18.7. The lowest BCUT2D eigenvalue weighted by Gasteiger charge is -2.45. The van der Waals surface area contributed by atoms with Crippen LogP contribution in [0.1, 0.15) is 30.5 Å². The standard InChI is InChI=1S/C24H26ClFO8/c1-3-31-18-8-5-13(10-17(18)26)9-14-11-15(6-7-16(14)25)24-21(29)19(27)20(28)23(34-24,12-33-24)22(30)32-4-2/h5-8,10-11,19-21,27-29H,3-4,9,12H2,1-2H3/t19-,20-,21+,23-,24-/m0/s1. The van der Waals surface area contributed by atoms with Crippen LogP contribution in [0.25, 0.3) is 0 Å². The molecule has 2 aromatic carbocycles. The van der Waals surface area contributed by atoms with Crippen LogP contribution < -0.4 is 4.74 Å². The van der Waals surface area contributed by atoms with E-state index in [2.05, 4.69) is 0 Å². The zero-order chi connectivity index (χ0) is 24.7. The molecule has 10 heteroatoms. The van der Waals surface area contributed by atoms with Crippen molar-refractivity contribution in [2.45, 2.75) is 50.0 Å². The molecule has 2 saturated heterocycles. The van der Waals surface area contributed by atoms with Crippen molar-refractivity contribution in [2.75, 3.05) is 19.8 Å². The molecule has 0 aromatic heterocycles. The van der Waals surface area contributed by atoms with E-state index in [9.17, 15) is 24.5 Å². The van der Waals surface area contributed by atoms with E-state index >= 15 is 0 Å². The first kappa shape index (κ1) is 24.8. The van der Waals surface area contributed by atoms with E-state index in [1.54, 1.807) is 32.0 Å². The van der Waals surface area contributed by atoms with Crippen molar-refractivity contribution in [3.05, 3.63) is 63.9 Å². The van der Waals surface area contributed by atoms with E-state index in [1.165, 1.54) is 18.2 Å². The number of rotatable bonds is 7. The number of benzene rings is 2. The third-order valence-electron chi connectivity index (χ3n) is 6.11. The summed E-state index contributed by atoms with van der Waals surface area (Å²) in [5, 5.41) is 32.3. The summed E-state index contributed by atoms with van der Waals surface area (Å²) in [5.41, 5.74) is -0.563. The van der Waals surface area contributed by atoms with Crippen LogP contribution in [0.15, 0.2) is 36.4 Å². The van der Waals surface area contributed by atoms with Gasteiger partial charge in [0.1, 0.15) is 18.3 Å². The molecule has 4 rings (SSSR count). The second-order valence-corrected chi connectivity index (χ2v) is 8.64. The van der Waals surface area contributed by atoms with Gasteiger partial charge in [-0.25, -0.2) is 9.18 Å². The van der Waals surface area contributed by atoms with E-state index in [4.69, 9.17) is 30.5 Å². The Kier molecular flexibility index (Phi) is 6.87. The quantitative estimate of drug-likeness (QED) is 0.499. The number of esters is 1. The maximum Gasteiger partial charge on any atom is 0.343 e. The smallest absolute Gasteiger partial charge is 0.343 e. The highest BCUT2D eigenvalue weighted by Gasteiger charge is 2.71. The summed E-state index contributed by atoms with van der Waals surface area (Å²) in [7, 11) is 0. The largest absolute Gasteiger partial charge is 0.491 e. The maximum absolute atomic E-state index is 14.3. The monoisotopic (exact) mass is 496 g/mol. The predicted molar refractivity (Wildman–Crippen MR) is 118 cm³/mol. The van der Waals surface area contributed by atoms with E-state index in [1.807, 2.05) is 0 Å². The van der Waals surface area contributed by atoms with Crippen molar-refractivity contribution in [1.29, 1.82) is 0 Å². The molecular weight excluding hydrogens is 471 g/mol. The highest BCUT2D eigenvalue weighted by Crippen LogP contribution is 2.50. The topological polar surface area (TPSA) is 115 Å². The zero-order valence-corrected chi connectivity index (χ0v) is 19.4. The summed E-state index contributed by atoms with van der Waals surface area (Å²) in [6.07, 6.45) is -5.00. The number of fused-ring (bicyclic) bond motifs is 2. The molecule has 184 valence electrons. The minimum atomic E-state index is -2.01. The first-order chi connectivity index (χ1) is 16.2. The lowest BCUT2D eigenvalue weighted by molar-refractivity contribution is -0.322. The molecule has 5 atom stereocenters. The summed E-state index contributed by atoms with van der Waals surface area (Å²) in [4.78, 5) is 12.6. The number of hydrogen-bond donors (Lipinski definition) is 3. The van der Waals surface area contributed by atoms with Crippen LogP contribution in [0.3, 0.4) is 0 Å². The molecule has 0 spiro atoms. The van der Waals surface area contributed by atoms with Crippen LogP contribution in [0.4, 0.5) is 4.39 Å². The minimum Gasteiger partial charge on any atom is -0.491 e. The van der Waals surface area contributed by atoms with Crippen LogP contribution in [0, 0.1) is 5.82 Å². The Labute approximate surface area is 200 Å². The molecule has 2 bridgehead atoms. The molecule has 0 aliphatic carbocycles. The van der Waals surface area contributed by atoms with E-state index in [0.717, 1.165) is 0 Å². The van der Waals surface area contributed by atoms with Crippen molar-refractivity contribution >= 4 is 17.6 Å². The normalized spacial score (nSPS) is 30.3. The van der Waals surface area contributed by atoms with Crippen molar-refractivity contribution < 1.29 is 43.5 Å². The van der Waals surface area contributed by atoms with Gasteiger partial charge in [0.05, 0.1) is 19.8 Å². The average molecular weight is 497 g/mol. The van der Waals surface area contributed by atoms with Gasteiger partial charge in [-0.05, 0) is 55.7 Å². The summed E-state index contributed by atoms with van der Waals surface area (Å²) in [6, 6.07) is 9.25. The number of aliphatic hydroxyl groups is 3. The van der Waals surface area contributed by atoms with Gasteiger partial charge < -0.3 is 34.3 Å². The van der Waals surface area contributed by atoms with Gasteiger partial charge in [-0.3, -0.25) is 0 Å². The SMILES string of the molecule is CCOC(=O)[C@@]12CO[C@@](c3ccc(Cl)c(Cc4ccc(OCC)c(F)c4)c3)(O1)[C@H](O)[C@@H](O)[C@@H]2O. The van der Waals surface area contributed by atoms with Crippen LogP contribution in [0.5, 0.6) is 5.75 Å². The average Bonchev–Trinajstić information content (AvgIpc) is 3.21. The number of hydrogen-bond acceptors (Lipinski definition) is 8. The fourth-order valence-corrected chi connectivity index (χ4v) is 4.55. The summed E-state index contributed by atoms with van der Waals surface area (Å²) in [6.45, 7) is 3.27. The van der Waals surface area contributed by atoms with Gasteiger partial charge in [0, 0.05) is 10.6 Å². The Morgan fingerprint density at radius 2 is 1.91 bits per heavy atom. The number of halogens is 2. The van der Waals surface area contributed by atoms with Crippen molar-refractivity contribution in [3.63, 3.8) is 0 Å². The molecule has 8 nitrogen and oxygen atoms in total. The van der Waals surface area contributed by atoms with Gasteiger partial charge in [-0.1, -0.05) is 23.7 Å². The van der Waals surface area contributed by atoms with E-state index in [0.29, 0.717) is 22.8 Å². The lowest BCUT2D eigenvalue weighted by Crippen LogP contribution is -2.67. The molecule has 0 radical (unpaired) electrons. The van der Waals surface area contributed by atoms with Crippen molar-refractivity contribution in [2.24, 2.45) is 0 Å².